The zero-order chi connectivity index (χ0) is 16.0. The Bertz CT molecular complexity index is 549. The van der Waals surface area contributed by atoms with Crippen LogP contribution in [-0.2, 0) is 25.7 Å². The summed E-state index contributed by atoms with van der Waals surface area (Å²) >= 11 is 0. The number of hydrogen-bond donors (Lipinski definition) is 0. The number of ether oxygens (including phenoxy) is 1. The molecular weight excluding hydrogens is 280 g/mol. The van der Waals surface area contributed by atoms with E-state index in [4.69, 9.17) is 4.74 Å². The van der Waals surface area contributed by atoms with Gasteiger partial charge in [0.1, 0.15) is 18.2 Å². The van der Waals surface area contributed by atoms with Crippen molar-refractivity contribution >= 4 is 17.5 Å². The van der Waals surface area contributed by atoms with Gasteiger partial charge in [-0.25, -0.2) is 0 Å². The third-order valence-electron chi connectivity index (χ3n) is 4.46. The molecule has 1 unspecified atom stereocenters. The summed E-state index contributed by atoms with van der Waals surface area (Å²) < 4.78 is 5.22. The van der Waals surface area contributed by atoms with Gasteiger partial charge < -0.3 is 4.74 Å². The SMILES string of the molecule is CC(=O)C1(CCC(=O)OCc2ccccc2)CCCCC1=O. The number of ketones is 2. The normalized spacial score (nSPS) is 21.4. The first-order chi connectivity index (χ1) is 10.5. The molecule has 0 amide bonds. The molecule has 0 heterocycles. The van der Waals surface area contributed by atoms with Crippen molar-refractivity contribution in [1.82, 2.24) is 0 Å². The Morgan fingerprint density at radius 1 is 1.18 bits per heavy atom. The molecule has 0 bridgehead atoms. The highest BCUT2D eigenvalue weighted by Crippen LogP contribution is 2.38. The highest BCUT2D eigenvalue weighted by molar-refractivity contribution is 6.06. The van der Waals surface area contributed by atoms with Gasteiger partial charge in [0.05, 0.1) is 5.41 Å². The zero-order valence-electron chi connectivity index (χ0n) is 13.0. The maximum absolute atomic E-state index is 12.2. The summed E-state index contributed by atoms with van der Waals surface area (Å²) in [6.45, 7) is 1.68. The van der Waals surface area contributed by atoms with E-state index in [2.05, 4.69) is 0 Å². The lowest BCUT2D eigenvalue weighted by atomic mass is 9.68. The Labute approximate surface area is 130 Å². The fourth-order valence-electron chi connectivity index (χ4n) is 3.03. The Morgan fingerprint density at radius 3 is 2.55 bits per heavy atom. The fraction of sp³-hybridized carbons (Fsp3) is 0.500. The van der Waals surface area contributed by atoms with Crippen LogP contribution in [0.4, 0.5) is 0 Å². The molecule has 1 aromatic rings. The van der Waals surface area contributed by atoms with Crippen LogP contribution < -0.4 is 0 Å². The van der Waals surface area contributed by atoms with Crippen LogP contribution in [0.25, 0.3) is 0 Å². The predicted octanol–water partition coefficient (Wildman–Crippen LogP) is 3.23. The number of esters is 1. The van der Waals surface area contributed by atoms with E-state index in [1.807, 2.05) is 30.3 Å². The molecule has 0 saturated heterocycles. The molecule has 2 rings (SSSR count). The first-order valence-corrected chi connectivity index (χ1v) is 7.78. The van der Waals surface area contributed by atoms with E-state index >= 15 is 0 Å². The molecule has 1 aromatic carbocycles. The van der Waals surface area contributed by atoms with E-state index in [0.717, 1.165) is 18.4 Å². The molecule has 1 aliphatic rings. The van der Waals surface area contributed by atoms with Crippen LogP contribution in [-0.4, -0.2) is 17.5 Å². The molecule has 4 heteroatoms. The summed E-state index contributed by atoms with van der Waals surface area (Å²) in [6.07, 6.45) is 3.09. The summed E-state index contributed by atoms with van der Waals surface area (Å²) in [5.74, 6) is -0.488. The summed E-state index contributed by atoms with van der Waals surface area (Å²) in [5.41, 5.74) is -0.0322. The second-order valence-electron chi connectivity index (χ2n) is 5.91. The summed E-state index contributed by atoms with van der Waals surface area (Å²) in [6, 6.07) is 9.43. The minimum absolute atomic E-state index is 0.0119. The topological polar surface area (TPSA) is 60.4 Å². The van der Waals surface area contributed by atoms with Gasteiger partial charge >= 0.3 is 5.97 Å². The third-order valence-corrected chi connectivity index (χ3v) is 4.46. The van der Waals surface area contributed by atoms with Crippen LogP contribution in [0.2, 0.25) is 0 Å². The molecule has 1 atom stereocenters. The van der Waals surface area contributed by atoms with E-state index in [0.29, 0.717) is 12.8 Å². The lowest BCUT2D eigenvalue weighted by Crippen LogP contribution is -2.41. The first kappa shape index (κ1) is 16.4. The van der Waals surface area contributed by atoms with Gasteiger partial charge in [-0.15, -0.1) is 0 Å². The smallest absolute Gasteiger partial charge is 0.306 e. The maximum Gasteiger partial charge on any atom is 0.306 e. The Morgan fingerprint density at radius 2 is 1.91 bits per heavy atom. The lowest BCUT2D eigenvalue weighted by molar-refractivity contribution is -0.148. The summed E-state index contributed by atoms with van der Waals surface area (Å²) in [7, 11) is 0. The van der Waals surface area contributed by atoms with E-state index in [9.17, 15) is 14.4 Å². The number of carbonyl (C=O) groups is 3. The average Bonchev–Trinajstić information content (AvgIpc) is 2.53. The molecule has 0 aromatic heterocycles. The molecule has 1 saturated carbocycles. The van der Waals surface area contributed by atoms with Crippen LogP contribution in [0.5, 0.6) is 0 Å². The highest BCUT2D eigenvalue weighted by Gasteiger charge is 2.43. The number of rotatable bonds is 6. The molecule has 0 radical (unpaired) electrons. The van der Waals surface area contributed by atoms with Gasteiger partial charge in [-0.3, -0.25) is 14.4 Å². The minimum Gasteiger partial charge on any atom is -0.461 e. The van der Waals surface area contributed by atoms with Gasteiger partial charge in [0.2, 0.25) is 0 Å². The number of hydrogen-bond acceptors (Lipinski definition) is 4. The summed E-state index contributed by atoms with van der Waals surface area (Å²) in [4.78, 5) is 36.0. The molecule has 1 fully saturated rings. The van der Waals surface area contributed by atoms with E-state index in [1.54, 1.807) is 0 Å². The van der Waals surface area contributed by atoms with E-state index < -0.39 is 5.41 Å². The van der Waals surface area contributed by atoms with Gasteiger partial charge in [0.15, 0.2) is 0 Å². The van der Waals surface area contributed by atoms with Crippen molar-refractivity contribution in [2.75, 3.05) is 0 Å². The second kappa shape index (κ2) is 7.34. The molecule has 1 aliphatic carbocycles. The third kappa shape index (κ3) is 3.81. The fourth-order valence-corrected chi connectivity index (χ4v) is 3.03. The molecule has 4 nitrogen and oxygen atoms in total. The van der Waals surface area contributed by atoms with Crippen LogP contribution in [0.1, 0.15) is 51.0 Å². The van der Waals surface area contributed by atoms with Crippen LogP contribution in [0, 0.1) is 5.41 Å². The van der Waals surface area contributed by atoms with Gasteiger partial charge in [-0.05, 0) is 31.7 Å². The monoisotopic (exact) mass is 302 g/mol. The number of Topliss-reactive ketones (excluding diaryl/α,β-unsaturated/α-hetero) is 2. The van der Waals surface area contributed by atoms with Gasteiger partial charge in [0, 0.05) is 12.8 Å². The van der Waals surface area contributed by atoms with Gasteiger partial charge in [-0.1, -0.05) is 36.8 Å². The molecule has 0 spiro atoms. The highest BCUT2D eigenvalue weighted by atomic mass is 16.5. The molecule has 0 aliphatic heterocycles. The quantitative estimate of drug-likeness (QED) is 0.598. The Hall–Kier alpha value is -1.97. The van der Waals surface area contributed by atoms with Crippen molar-refractivity contribution < 1.29 is 19.1 Å². The number of carbonyl (C=O) groups excluding carboxylic acids is 3. The standard InChI is InChI=1S/C18H22O4/c1-14(19)18(11-6-5-9-16(18)20)12-10-17(21)22-13-15-7-3-2-4-8-15/h2-4,7-8H,5-6,9-13H2,1H3. The van der Waals surface area contributed by atoms with Crippen molar-refractivity contribution in [2.45, 2.75) is 52.1 Å². The predicted molar refractivity (Wildman–Crippen MR) is 82.1 cm³/mol. The second-order valence-corrected chi connectivity index (χ2v) is 5.91. The molecular formula is C18H22O4. The number of benzene rings is 1. The van der Waals surface area contributed by atoms with Crippen molar-refractivity contribution in [1.29, 1.82) is 0 Å². The Balaban J connectivity index is 1.88. The van der Waals surface area contributed by atoms with Crippen LogP contribution >= 0.6 is 0 Å². The first-order valence-electron chi connectivity index (χ1n) is 7.78. The van der Waals surface area contributed by atoms with Gasteiger partial charge in [0.25, 0.3) is 0 Å². The average molecular weight is 302 g/mol. The minimum atomic E-state index is -0.954. The van der Waals surface area contributed by atoms with Gasteiger partial charge in [-0.2, -0.15) is 0 Å². The zero-order valence-corrected chi connectivity index (χ0v) is 13.0. The van der Waals surface area contributed by atoms with E-state index in [1.165, 1.54) is 6.92 Å². The maximum atomic E-state index is 12.2. The van der Waals surface area contributed by atoms with Crippen molar-refractivity contribution in [2.24, 2.45) is 5.41 Å². The lowest BCUT2D eigenvalue weighted by Gasteiger charge is -2.33. The van der Waals surface area contributed by atoms with Crippen LogP contribution in [0.3, 0.4) is 0 Å². The molecule has 0 N–H and O–H groups in total. The van der Waals surface area contributed by atoms with E-state index in [-0.39, 0.29) is 37.0 Å². The van der Waals surface area contributed by atoms with Crippen LogP contribution in [0.15, 0.2) is 30.3 Å². The molecule has 118 valence electrons. The van der Waals surface area contributed by atoms with Crippen molar-refractivity contribution in [3.63, 3.8) is 0 Å². The Kier molecular flexibility index (Phi) is 5.47. The summed E-state index contributed by atoms with van der Waals surface area (Å²) in [5, 5.41) is 0. The van der Waals surface area contributed by atoms with Crippen molar-refractivity contribution in [3.05, 3.63) is 35.9 Å². The molecule has 22 heavy (non-hydrogen) atoms. The van der Waals surface area contributed by atoms with Crippen molar-refractivity contribution in [3.8, 4) is 0 Å². The largest absolute Gasteiger partial charge is 0.461 e.